The molecule has 0 spiro atoms. The van der Waals surface area contributed by atoms with Crippen LogP contribution in [0.15, 0.2) is 12.4 Å². The lowest BCUT2D eigenvalue weighted by atomic mass is 9.86. The van der Waals surface area contributed by atoms with Crippen LogP contribution in [0, 0.1) is 5.92 Å². The minimum atomic E-state index is -0.0202. The van der Waals surface area contributed by atoms with Crippen LogP contribution in [0.1, 0.15) is 38.2 Å². The monoisotopic (exact) mass is 265 g/mol. The molecule has 5 heteroatoms. The van der Waals surface area contributed by atoms with E-state index in [0.717, 1.165) is 32.2 Å². The zero-order valence-corrected chi connectivity index (χ0v) is 11.8. The average Bonchev–Trinajstić information content (AvgIpc) is 2.83. The fraction of sp³-hybridized carbons (Fsp3) is 0.714. The molecule has 0 unspecified atom stereocenters. The molecular formula is C14H23N3O2. The number of nitrogens with one attached hydrogen (secondary N) is 1. The van der Waals surface area contributed by atoms with E-state index in [0.29, 0.717) is 12.6 Å². The van der Waals surface area contributed by atoms with Gasteiger partial charge in [-0.3, -0.25) is 9.48 Å². The average molecular weight is 265 g/mol. The molecule has 106 valence electrons. The van der Waals surface area contributed by atoms with E-state index >= 15 is 0 Å². The summed E-state index contributed by atoms with van der Waals surface area (Å²) in [6.45, 7) is 3.19. The van der Waals surface area contributed by atoms with E-state index in [4.69, 9.17) is 4.74 Å². The molecule has 5 nitrogen and oxygen atoms in total. The summed E-state index contributed by atoms with van der Waals surface area (Å²) >= 11 is 0. The topological polar surface area (TPSA) is 56.1 Å². The molecule has 1 aromatic rings. The Morgan fingerprint density at radius 1 is 1.47 bits per heavy atom. The third-order valence-electron chi connectivity index (χ3n) is 3.70. The van der Waals surface area contributed by atoms with Gasteiger partial charge >= 0.3 is 5.97 Å². The Labute approximate surface area is 114 Å². The lowest BCUT2D eigenvalue weighted by Crippen LogP contribution is -2.35. The standard InChI is InChI=1S/C14H23N3O2/c1-3-19-14(18)12-4-6-13(7-5-12)15-8-11-9-16-17(2)10-11/h9-10,12-13,15H,3-8H2,1-2H3. The molecule has 19 heavy (non-hydrogen) atoms. The smallest absolute Gasteiger partial charge is 0.308 e. The fourth-order valence-corrected chi connectivity index (χ4v) is 2.62. The van der Waals surface area contributed by atoms with Crippen LogP contribution in [0.2, 0.25) is 0 Å². The molecule has 1 N–H and O–H groups in total. The van der Waals surface area contributed by atoms with Gasteiger partial charge in [0, 0.05) is 31.4 Å². The van der Waals surface area contributed by atoms with Crippen LogP contribution in [-0.4, -0.2) is 28.4 Å². The molecule has 1 aliphatic carbocycles. The van der Waals surface area contributed by atoms with Gasteiger partial charge in [-0.1, -0.05) is 0 Å². The van der Waals surface area contributed by atoms with Crippen LogP contribution in [0.4, 0.5) is 0 Å². The molecule has 0 aromatic carbocycles. The summed E-state index contributed by atoms with van der Waals surface area (Å²) in [6.07, 6.45) is 7.87. The van der Waals surface area contributed by atoms with Crippen molar-refractivity contribution >= 4 is 5.97 Å². The van der Waals surface area contributed by atoms with Crippen LogP contribution in [-0.2, 0) is 23.1 Å². The molecule has 1 aromatic heterocycles. The molecule has 1 aliphatic rings. The maximum Gasteiger partial charge on any atom is 0.308 e. The van der Waals surface area contributed by atoms with Crippen LogP contribution < -0.4 is 5.32 Å². The van der Waals surface area contributed by atoms with Crippen molar-refractivity contribution in [3.8, 4) is 0 Å². The van der Waals surface area contributed by atoms with E-state index in [2.05, 4.69) is 10.4 Å². The maximum absolute atomic E-state index is 11.6. The highest BCUT2D eigenvalue weighted by atomic mass is 16.5. The Balaban J connectivity index is 1.70. The van der Waals surface area contributed by atoms with Crippen molar-refractivity contribution in [1.29, 1.82) is 0 Å². The minimum Gasteiger partial charge on any atom is -0.466 e. The number of aromatic nitrogens is 2. The van der Waals surface area contributed by atoms with Crippen LogP contribution in [0.25, 0.3) is 0 Å². The minimum absolute atomic E-state index is 0.0202. The molecule has 0 bridgehead atoms. The number of nitrogens with zero attached hydrogens (tertiary/aromatic N) is 2. The van der Waals surface area contributed by atoms with Crippen molar-refractivity contribution < 1.29 is 9.53 Å². The van der Waals surface area contributed by atoms with Crippen molar-refractivity contribution in [1.82, 2.24) is 15.1 Å². The molecule has 1 heterocycles. The molecule has 1 fully saturated rings. The Morgan fingerprint density at radius 2 is 2.21 bits per heavy atom. The molecule has 0 atom stereocenters. The van der Waals surface area contributed by atoms with Crippen molar-refractivity contribution in [2.45, 2.75) is 45.2 Å². The molecule has 1 saturated carbocycles. The van der Waals surface area contributed by atoms with Gasteiger partial charge in [0.25, 0.3) is 0 Å². The first-order valence-electron chi connectivity index (χ1n) is 7.06. The number of rotatable bonds is 5. The SMILES string of the molecule is CCOC(=O)C1CCC(NCc2cnn(C)c2)CC1. The van der Waals surface area contributed by atoms with Gasteiger partial charge in [0.2, 0.25) is 0 Å². The van der Waals surface area contributed by atoms with Crippen LogP contribution in [0.5, 0.6) is 0 Å². The highest BCUT2D eigenvalue weighted by molar-refractivity contribution is 5.72. The summed E-state index contributed by atoms with van der Waals surface area (Å²) in [7, 11) is 1.92. The van der Waals surface area contributed by atoms with Crippen LogP contribution >= 0.6 is 0 Å². The first kappa shape index (κ1) is 14.1. The van der Waals surface area contributed by atoms with E-state index in [1.54, 1.807) is 0 Å². The molecule has 0 amide bonds. The number of aryl methyl sites for hydroxylation is 1. The second-order valence-electron chi connectivity index (χ2n) is 5.20. The zero-order valence-electron chi connectivity index (χ0n) is 11.8. The molecule has 0 saturated heterocycles. The molecule has 2 rings (SSSR count). The molecule has 0 radical (unpaired) electrons. The number of hydrogen-bond donors (Lipinski definition) is 1. The summed E-state index contributed by atoms with van der Waals surface area (Å²) in [5.41, 5.74) is 1.20. The number of esters is 1. The van der Waals surface area contributed by atoms with Gasteiger partial charge in [-0.15, -0.1) is 0 Å². The predicted molar refractivity (Wildman–Crippen MR) is 72.4 cm³/mol. The Kier molecular flexibility index (Phi) is 4.96. The van der Waals surface area contributed by atoms with Gasteiger partial charge in [-0.2, -0.15) is 5.10 Å². The maximum atomic E-state index is 11.6. The van der Waals surface area contributed by atoms with Crippen LogP contribution in [0.3, 0.4) is 0 Å². The molecule has 0 aliphatic heterocycles. The second kappa shape index (κ2) is 6.70. The number of hydrogen-bond acceptors (Lipinski definition) is 4. The van der Waals surface area contributed by atoms with Gasteiger partial charge in [0.1, 0.15) is 0 Å². The summed E-state index contributed by atoms with van der Waals surface area (Å²) in [5.74, 6) is 0.0876. The summed E-state index contributed by atoms with van der Waals surface area (Å²) in [4.78, 5) is 11.6. The first-order chi connectivity index (χ1) is 9.19. The fourth-order valence-electron chi connectivity index (χ4n) is 2.62. The van der Waals surface area contributed by atoms with Gasteiger partial charge in [-0.25, -0.2) is 0 Å². The van der Waals surface area contributed by atoms with Crippen molar-refractivity contribution in [2.24, 2.45) is 13.0 Å². The van der Waals surface area contributed by atoms with Crippen molar-refractivity contribution in [3.63, 3.8) is 0 Å². The van der Waals surface area contributed by atoms with E-state index in [9.17, 15) is 4.79 Å². The van der Waals surface area contributed by atoms with E-state index < -0.39 is 0 Å². The van der Waals surface area contributed by atoms with Gasteiger partial charge in [-0.05, 0) is 32.6 Å². The van der Waals surface area contributed by atoms with E-state index in [1.807, 2.05) is 31.0 Å². The number of carbonyl (C=O) groups is 1. The quantitative estimate of drug-likeness (QED) is 0.822. The summed E-state index contributed by atoms with van der Waals surface area (Å²) in [6, 6.07) is 0.505. The van der Waals surface area contributed by atoms with E-state index in [-0.39, 0.29) is 11.9 Å². The van der Waals surface area contributed by atoms with E-state index in [1.165, 1.54) is 5.56 Å². The summed E-state index contributed by atoms with van der Waals surface area (Å²) in [5, 5.41) is 7.69. The normalized spacial score (nSPS) is 23.3. The van der Waals surface area contributed by atoms with Crippen molar-refractivity contribution in [2.75, 3.05) is 6.61 Å². The Bertz CT molecular complexity index is 409. The highest BCUT2D eigenvalue weighted by Crippen LogP contribution is 2.25. The first-order valence-corrected chi connectivity index (χ1v) is 7.06. The molecular weight excluding hydrogens is 242 g/mol. The number of ether oxygens (including phenoxy) is 1. The van der Waals surface area contributed by atoms with Gasteiger partial charge in [0.15, 0.2) is 0 Å². The predicted octanol–water partition coefficient (Wildman–Crippen LogP) is 1.63. The Hall–Kier alpha value is -1.36. The largest absolute Gasteiger partial charge is 0.466 e. The zero-order chi connectivity index (χ0) is 13.7. The summed E-state index contributed by atoms with van der Waals surface area (Å²) < 4.78 is 6.89. The third kappa shape index (κ3) is 4.06. The number of carbonyl (C=O) groups excluding carboxylic acids is 1. The second-order valence-corrected chi connectivity index (χ2v) is 5.20. The lowest BCUT2D eigenvalue weighted by Gasteiger charge is -2.27. The third-order valence-corrected chi connectivity index (χ3v) is 3.70. The van der Waals surface area contributed by atoms with Crippen molar-refractivity contribution in [3.05, 3.63) is 18.0 Å². The Morgan fingerprint density at radius 3 is 2.79 bits per heavy atom. The lowest BCUT2D eigenvalue weighted by molar-refractivity contribution is -0.149. The van der Waals surface area contributed by atoms with Gasteiger partial charge < -0.3 is 10.1 Å². The highest BCUT2D eigenvalue weighted by Gasteiger charge is 2.26. The van der Waals surface area contributed by atoms with Gasteiger partial charge in [0.05, 0.1) is 18.7 Å².